The van der Waals surface area contributed by atoms with Gasteiger partial charge in [0, 0.05) is 22.7 Å². The van der Waals surface area contributed by atoms with Crippen LogP contribution in [0.25, 0.3) is 0 Å². The van der Waals surface area contributed by atoms with Crippen LogP contribution in [0.4, 0.5) is 5.69 Å². The van der Waals surface area contributed by atoms with Gasteiger partial charge in [0.15, 0.2) is 0 Å². The smallest absolute Gasteiger partial charge is 0.249 e. The van der Waals surface area contributed by atoms with E-state index < -0.39 is 11.9 Å². The monoisotopic (exact) mass is 331 g/mol. The molecule has 1 aromatic heterocycles. The lowest BCUT2D eigenvalue weighted by molar-refractivity contribution is -0.121. The number of hydrogen-bond donors (Lipinski definition) is 3. The molecule has 2 amide bonds. The number of rotatable bonds is 7. The molecular formula is C17H21N3O2S. The minimum Gasteiger partial charge on any atom is -0.374 e. The van der Waals surface area contributed by atoms with Crippen molar-refractivity contribution in [3.8, 4) is 0 Å². The van der Waals surface area contributed by atoms with Gasteiger partial charge in [-0.05, 0) is 49.4 Å². The van der Waals surface area contributed by atoms with Crippen LogP contribution >= 0.6 is 11.3 Å². The van der Waals surface area contributed by atoms with Crippen LogP contribution in [-0.4, -0.2) is 24.4 Å². The average molecular weight is 331 g/mol. The van der Waals surface area contributed by atoms with Crippen molar-refractivity contribution in [2.45, 2.75) is 26.3 Å². The van der Waals surface area contributed by atoms with E-state index in [4.69, 9.17) is 5.73 Å². The molecule has 0 saturated carbocycles. The van der Waals surface area contributed by atoms with E-state index in [9.17, 15) is 9.59 Å². The molecule has 0 bridgehead atoms. The highest BCUT2D eigenvalue weighted by Crippen LogP contribution is 2.16. The van der Waals surface area contributed by atoms with E-state index in [1.54, 1.807) is 24.3 Å². The molecule has 0 aliphatic carbocycles. The molecule has 0 spiro atoms. The predicted molar refractivity (Wildman–Crippen MR) is 93.8 cm³/mol. The first-order chi connectivity index (χ1) is 11.0. The first kappa shape index (κ1) is 17.0. The molecule has 2 aromatic rings. The topological polar surface area (TPSA) is 84.2 Å². The first-order valence-electron chi connectivity index (χ1n) is 7.44. The number of nitrogens with one attached hydrogen (secondary N) is 2. The van der Waals surface area contributed by atoms with Crippen molar-refractivity contribution in [2.24, 2.45) is 5.73 Å². The second-order valence-electron chi connectivity index (χ2n) is 5.38. The summed E-state index contributed by atoms with van der Waals surface area (Å²) in [6, 6.07) is 8.96. The van der Waals surface area contributed by atoms with Gasteiger partial charge in [-0.1, -0.05) is 12.1 Å². The number of hydrogen-bond acceptors (Lipinski definition) is 4. The van der Waals surface area contributed by atoms with Crippen LogP contribution < -0.4 is 16.4 Å². The van der Waals surface area contributed by atoms with E-state index in [-0.39, 0.29) is 5.91 Å². The maximum atomic E-state index is 12.1. The number of carbonyl (C=O) groups is 2. The van der Waals surface area contributed by atoms with Gasteiger partial charge in [-0.3, -0.25) is 9.59 Å². The van der Waals surface area contributed by atoms with Gasteiger partial charge in [0.2, 0.25) is 11.8 Å². The molecule has 0 aliphatic rings. The molecule has 4 N–H and O–H groups in total. The Bertz CT molecular complexity index is 683. The molecule has 0 aliphatic heterocycles. The third-order valence-electron chi connectivity index (χ3n) is 3.53. The van der Waals surface area contributed by atoms with Gasteiger partial charge in [0.1, 0.15) is 6.04 Å². The Labute approximate surface area is 139 Å². The van der Waals surface area contributed by atoms with E-state index in [2.05, 4.69) is 16.7 Å². The lowest BCUT2D eigenvalue weighted by atomic mass is 10.1. The van der Waals surface area contributed by atoms with E-state index in [0.717, 1.165) is 12.0 Å². The Morgan fingerprint density at radius 3 is 2.74 bits per heavy atom. The number of carbonyl (C=O) groups excluding carboxylic acids is 2. The number of aryl methyl sites for hydroxylation is 1. The van der Waals surface area contributed by atoms with Crippen molar-refractivity contribution in [1.29, 1.82) is 0 Å². The van der Waals surface area contributed by atoms with Crippen LogP contribution in [0.3, 0.4) is 0 Å². The molecule has 1 aromatic carbocycles. The summed E-state index contributed by atoms with van der Waals surface area (Å²) in [5.74, 6) is -0.554. The molecule has 2 rings (SSSR count). The number of amides is 2. The highest BCUT2D eigenvalue weighted by atomic mass is 32.1. The highest BCUT2D eigenvalue weighted by Gasteiger charge is 2.13. The molecule has 23 heavy (non-hydrogen) atoms. The van der Waals surface area contributed by atoms with E-state index in [1.165, 1.54) is 4.88 Å². The van der Waals surface area contributed by atoms with Crippen molar-refractivity contribution in [2.75, 3.05) is 11.9 Å². The Hall–Kier alpha value is -2.34. The lowest BCUT2D eigenvalue weighted by Crippen LogP contribution is -2.38. The zero-order valence-corrected chi connectivity index (χ0v) is 14.1. The van der Waals surface area contributed by atoms with Gasteiger partial charge in [-0.15, -0.1) is 11.3 Å². The molecule has 0 radical (unpaired) electrons. The van der Waals surface area contributed by atoms with Crippen molar-refractivity contribution < 1.29 is 9.59 Å². The standard InChI is InChI=1S/C17H21N3O2S/c1-11-5-6-13(10-15(11)16(18)21)20-12(2)17(22)19-8-7-14-4-3-9-23-14/h3-6,9-10,12,20H,7-8H2,1-2H3,(H2,18,21)(H,19,22)/t12-/m0/s1. The summed E-state index contributed by atoms with van der Waals surface area (Å²) >= 11 is 1.68. The molecule has 5 nitrogen and oxygen atoms in total. The van der Waals surface area contributed by atoms with Crippen LogP contribution in [-0.2, 0) is 11.2 Å². The molecule has 122 valence electrons. The maximum absolute atomic E-state index is 12.1. The Morgan fingerprint density at radius 1 is 1.30 bits per heavy atom. The average Bonchev–Trinajstić information content (AvgIpc) is 3.02. The molecule has 0 fully saturated rings. The number of thiophene rings is 1. The van der Waals surface area contributed by atoms with Gasteiger partial charge < -0.3 is 16.4 Å². The number of primary amides is 1. The van der Waals surface area contributed by atoms with Crippen LogP contribution in [0, 0.1) is 6.92 Å². The van der Waals surface area contributed by atoms with Crippen molar-refractivity contribution >= 4 is 28.8 Å². The molecular weight excluding hydrogens is 310 g/mol. The fraction of sp³-hybridized carbons (Fsp3) is 0.294. The van der Waals surface area contributed by atoms with E-state index >= 15 is 0 Å². The van der Waals surface area contributed by atoms with Crippen molar-refractivity contribution in [3.63, 3.8) is 0 Å². The third-order valence-corrected chi connectivity index (χ3v) is 4.47. The lowest BCUT2D eigenvalue weighted by Gasteiger charge is -2.16. The fourth-order valence-electron chi connectivity index (χ4n) is 2.21. The molecule has 0 saturated heterocycles. The minimum absolute atomic E-state index is 0.0808. The van der Waals surface area contributed by atoms with Gasteiger partial charge in [-0.25, -0.2) is 0 Å². The summed E-state index contributed by atoms with van der Waals surface area (Å²) < 4.78 is 0. The molecule has 6 heteroatoms. The zero-order chi connectivity index (χ0) is 16.8. The van der Waals surface area contributed by atoms with Gasteiger partial charge >= 0.3 is 0 Å². The third kappa shape index (κ3) is 4.82. The number of anilines is 1. The maximum Gasteiger partial charge on any atom is 0.249 e. The Morgan fingerprint density at radius 2 is 2.09 bits per heavy atom. The Balaban J connectivity index is 1.88. The summed E-state index contributed by atoms with van der Waals surface area (Å²) in [4.78, 5) is 24.7. The van der Waals surface area contributed by atoms with Crippen molar-refractivity contribution in [1.82, 2.24) is 5.32 Å². The largest absolute Gasteiger partial charge is 0.374 e. The van der Waals surface area contributed by atoms with Gasteiger partial charge in [0.05, 0.1) is 0 Å². The molecule has 1 heterocycles. The second kappa shape index (κ2) is 7.78. The quantitative estimate of drug-likeness (QED) is 0.728. The van der Waals surface area contributed by atoms with Crippen LogP contribution in [0.15, 0.2) is 35.7 Å². The number of nitrogens with two attached hydrogens (primary N) is 1. The van der Waals surface area contributed by atoms with E-state index in [0.29, 0.717) is 17.8 Å². The predicted octanol–water partition coefficient (Wildman–Crippen LogP) is 2.31. The van der Waals surface area contributed by atoms with Gasteiger partial charge in [-0.2, -0.15) is 0 Å². The Kier molecular flexibility index (Phi) is 5.76. The number of benzene rings is 1. The fourth-order valence-corrected chi connectivity index (χ4v) is 2.92. The first-order valence-corrected chi connectivity index (χ1v) is 8.32. The van der Waals surface area contributed by atoms with Gasteiger partial charge in [0.25, 0.3) is 0 Å². The molecule has 0 unspecified atom stereocenters. The van der Waals surface area contributed by atoms with E-state index in [1.807, 2.05) is 30.5 Å². The summed E-state index contributed by atoms with van der Waals surface area (Å²) in [5.41, 5.74) is 7.31. The summed E-state index contributed by atoms with van der Waals surface area (Å²) in [6.07, 6.45) is 0.826. The van der Waals surface area contributed by atoms with Crippen LogP contribution in [0.1, 0.15) is 27.7 Å². The minimum atomic E-state index is -0.473. The summed E-state index contributed by atoms with van der Waals surface area (Å²) in [7, 11) is 0. The summed E-state index contributed by atoms with van der Waals surface area (Å²) in [5, 5.41) is 8.02. The zero-order valence-electron chi connectivity index (χ0n) is 13.3. The molecule has 1 atom stereocenters. The second-order valence-corrected chi connectivity index (χ2v) is 6.41. The van der Waals surface area contributed by atoms with Crippen LogP contribution in [0.5, 0.6) is 0 Å². The summed E-state index contributed by atoms with van der Waals surface area (Å²) in [6.45, 7) is 4.21. The van der Waals surface area contributed by atoms with Crippen LogP contribution in [0.2, 0.25) is 0 Å². The normalized spacial score (nSPS) is 11.7. The SMILES string of the molecule is Cc1ccc(N[C@@H](C)C(=O)NCCc2cccs2)cc1C(N)=O. The van der Waals surface area contributed by atoms with Crippen molar-refractivity contribution in [3.05, 3.63) is 51.7 Å². The highest BCUT2D eigenvalue weighted by molar-refractivity contribution is 7.09.